The van der Waals surface area contributed by atoms with E-state index in [0.29, 0.717) is 17.7 Å². The molecule has 0 heterocycles. The predicted molar refractivity (Wildman–Crippen MR) is 110 cm³/mol. The van der Waals surface area contributed by atoms with Crippen molar-refractivity contribution < 1.29 is 0 Å². The number of amidine groups is 1. The molecule has 0 aromatic heterocycles. The second-order valence-corrected chi connectivity index (χ2v) is 7.86. The fraction of sp³-hybridized carbons (Fsp3) is 0.435. The van der Waals surface area contributed by atoms with Crippen LogP contribution >= 0.6 is 0 Å². The number of nitrogens with two attached hydrogens (primary N) is 1. The van der Waals surface area contributed by atoms with Gasteiger partial charge in [0.1, 0.15) is 5.84 Å². The largest absolute Gasteiger partial charge is 0.387 e. The van der Waals surface area contributed by atoms with E-state index in [1.165, 1.54) is 16.7 Å². The Balaban J connectivity index is 2.07. The highest BCUT2D eigenvalue weighted by Gasteiger charge is 2.10. The topological polar surface area (TPSA) is 38.4 Å². The third kappa shape index (κ3) is 6.04. The lowest BCUT2D eigenvalue weighted by Gasteiger charge is -2.13. The third-order valence-electron chi connectivity index (χ3n) is 4.41. The molecule has 0 aliphatic carbocycles. The second-order valence-electron chi connectivity index (χ2n) is 7.86. The van der Waals surface area contributed by atoms with Crippen molar-refractivity contribution >= 4 is 11.5 Å². The molecule has 0 aliphatic heterocycles. The van der Waals surface area contributed by atoms with Crippen LogP contribution in [0.3, 0.4) is 0 Å². The zero-order chi connectivity index (χ0) is 18.4. The molecule has 0 fully saturated rings. The van der Waals surface area contributed by atoms with Gasteiger partial charge in [0.2, 0.25) is 0 Å². The van der Waals surface area contributed by atoms with Crippen molar-refractivity contribution in [3.8, 4) is 0 Å². The first-order valence-electron chi connectivity index (χ1n) is 9.37. The first kappa shape index (κ1) is 19.2. The predicted octanol–water partition coefficient (Wildman–Crippen LogP) is 5.88. The molecule has 2 nitrogen and oxygen atoms in total. The number of hydrogen-bond acceptors (Lipinski definition) is 1. The minimum absolute atomic E-state index is 0.114. The quantitative estimate of drug-likeness (QED) is 0.498. The average Bonchev–Trinajstić information content (AvgIpc) is 2.55. The molecule has 2 N–H and O–H groups in total. The highest BCUT2D eigenvalue weighted by atomic mass is 14.9. The van der Waals surface area contributed by atoms with E-state index < -0.39 is 0 Å². The van der Waals surface area contributed by atoms with E-state index in [1.807, 2.05) is 0 Å². The zero-order valence-electron chi connectivity index (χ0n) is 16.3. The SMILES string of the molecule is CC(C)Cc1ccc(N=C(N)[C@@H](C)c2ccc(CC(C)C)cc2)cc1. The summed E-state index contributed by atoms with van der Waals surface area (Å²) in [5.41, 5.74) is 11.1. The molecule has 1 atom stereocenters. The summed E-state index contributed by atoms with van der Waals surface area (Å²) in [6.07, 6.45) is 2.21. The van der Waals surface area contributed by atoms with Gasteiger partial charge in [0, 0.05) is 5.92 Å². The van der Waals surface area contributed by atoms with Gasteiger partial charge in [-0.05, 0) is 53.5 Å². The highest BCUT2D eigenvalue weighted by Crippen LogP contribution is 2.21. The van der Waals surface area contributed by atoms with Crippen LogP contribution in [0.25, 0.3) is 0 Å². The van der Waals surface area contributed by atoms with Crippen LogP contribution in [0.15, 0.2) is 53.5 Å². The van der Waals surface area contributed by atoms with Gasteiger partial charge >= 0.3 is 0 Å². The fourth-order valence-electron chi connectivity index (χ4n) is 3.01. The van der Waals surface area contributed by atoms with Gasteiger partial charge in [0.25, 0.3) is 0 Å². The Labute approximate surface area is 153 Å². The first-order chi connectivity index (χ1) is 11.8. The molecule has 2 aromatic rings. The first-order valence-corrected chi connectivity index (χ1v) is 9.37. The fourth-order valence-corrected chi connectivity index (χ4v) is 3.01. The van der Waals surface area contributed by atoms with Gasteiger partial charge in [0.05, 0.1) is 5.69 Å². The summed E-state index contributed by atoms with van der Waals surface area (Å²) in [7, 11) is 0. The Morgan fingerprint density at radius 3 is 1.64 bits per heavy atom. The van der Waals surface area contributed by atoms with Crippen molar-refractivity contribution in [2.75, 3.05) is 0 Å². The van der Waals surface area contributed by atoms with Crippen molar-refractivity contribution in [1.29, 1.82) is 0 Å². The van der Waals surface area contributed by atoms with E-state index >= 15 is 0 Å². The summed E-state index contributed by atoms with van der Waals surface area (Å²) in [6.45, 7) is 11.1. The van der Waals surface area contributed by atoms with Crippen molar-refractivity contribution in [2.24, 2.45) is 22.6 Å². The minimum Gasteiger partial charge on any atom is -0.387 e. The van der Waals surface area contributed by atoms with Gasteiger partial charge in [-0.25, -0.2) is 4.99 Å². The van der Waals surface area contributed by atoms with E-state index in [2.05, 4.69) is 88.1 Å². The lowest BCUT2D eigenvalue weighted by molar-refractivity contribution is 0.647. The Bertz CT molecular complexity index is 679. The summed E-state index contributed by atoms with van der Waals surface area (Å²) in [6, 6.07) is 17.2. The van der Waals surface area contributed by atoms with Gasteiger partial charge in [-0.1, -0.05) is 71.0 Å². The van der Waals surface area contributed by atoms with Gasteiger partial charge in [-0.15, -0.1) is 0 Å². The van der Waals surface area contributed by atoms with Crippen LogP contribution in [-0.4, -0.2) is 5.84 Å². The molecule has 0 unspecified atom stereocenters. The summed E-state index contributed by atoms with van der Waals surface area (Å²) < 4.78 is 0. The van der Waals surface area contributed by atoms with E-state index in [9.17, 15) is 0 Å². The van der Waals surface area contributed by atoms with Gasteiger partial charge in [-0.3, -0.25) is 0 Å². The summed E-state index contributed by atoms with van der Waals surface area (Å²) >= 11 is 0. The maximum atomic E-state index is 6.27. The smallest absolute Gasteiger partial charge is 0.107 e. The Hall–Kier alpha value is -2.09. The molecular formula is C23H32N2. The van der Waals surface area contributed by atoms with Crippen LogP contribution in [-0.2, 0) is 12.8 Å². The highest BCUT2D eigenvalue weighted by molar-refractivity contribution is 5.89. The van der Waals surface area contributed by atoms with E-state index in [-0.39, 0.29) is 5.92 Å². The maximum Gasteiger partial charge on any atom is 0.107 e. The van der Waals surface area contributed by atoms with Crippen molar-refractivity contribution in [1.82, 2.24) is 0 Å². The number of benzene rings is 2. The van der Waals surface area contributed by atoms with E-state index in [0.717, 1.165) is 18.5 Å². The van der Waals surface area contributed by atoms with Crippen LogP contribution < -0.4 is 5.73 Å². The van der Waals surface area contributed by atoms with Crippen LogP contribution in [0.1, 0.15) is 57.2 Å². The van der Waals surface area contributed by atoms with Gasteiger partial charge < -0.3 is 5.73 Å². The number of rotatable bonds is 7. The van der Waals surface area contributed by atoms with E-state index in [1.54, 1.807) is 0 Å². The molecule has 2 heteroatoms. The lowest BCUT2D eigenvalue weighted by atomic mass is 9.96. The molecule has 0 aliphatic rings. The summed E-state index contributed by atoms with van der Waals surface area (Å²) in [5, 5.41) is 0. The molecule has 0 saturated heterocycles. The molecule has 2 aromatic carbocycles. The Morgan fingerprint density at radius 1 is 0.760 bits per heavy atom. The third-order valence-corrected chi connectivity index (χ3v) is 4.41. The molecule has 0 amide bonds. The van der Waals surface area contributed by atoms with Gasteiger partial charge in [-0.2, -0.15) is 0 Å². The molecular weight excluding hydrogens is 304 g/mol. The summed E-state index contributed by atoms with van der Waals surface area (Å²) in [4.78, 5) is 4.62. The molecule has 134 valence electrons. The van der Waals surface area contributed by atoms with Gasteiger partial charge in [0.15, 0.2) is 0 Å². The van der Waals surface area contributed by atoms with Crippen LogP contribution in [0, 0.1) is 11.8 Å². The zero-order valence-corrected chi connectivity index (χ0v) is 16.3. The minimum atomic E-state index is 0.114. The standard InChI is InChI=1S/C23H32N2/c1-16(2)14-19-6-10-21(11-7-19)18(5)23(24)25-22-12-8-20(9-13-22)15-17(3)4/h6-13,16-18H,14-15H2,1-5H3,(H2,24,25)/t18-/m0/s1. The maximum absolute atomic E-state index is 6.27. The molecule has 0 radical (unpaired) electrons. The summed E-state index contributed by atoms with van der Waals surface area (Å²) in [5.74, 6) is 2.11. The molecule has 2 rings (SSSR count). The molecule has 0 spiro atoms. The van der Waals surface area contributed by atoms with Crippen LogP contribution in [0.2, 0.25) is 0 Å². The average molecular weight is 337 g/mol. The van der Waals surface area contributed by atoms with Crippen molar-refractivity contribution in [2.45, 2.75) is 53.4 Å². The second kappa shape index (κ2) is 8.84. The molecule has 0 saturated carbocycles. The van der Waals surface area contributed by atoms with Crippen molar-refractivity contribution in [3.63, 3.8) is 0 Å². The van der Waals surface area contributed by atoms with Crippen LogP contribution in [0.4, 0.5) is 5.69 Å². The Kier molecular flexibility index (Phi) is 6.81. The van der Waals surface area contributed by atoms with Crippen LogP contribution in [0.5, 0.6) is 0 Å². The normalized spacial score (nSPS) is 13.5. The monoisotopic (exact) mass is 336 g/mol. The Morgan fingerprint density at radius 2 is 1.20 bits per heavy atom. The molecule has 0 bridgehead atoms. The molecule has 25 heavy (non-hydrogen) atoms. The lowest BCUT2D eigenvalue weighted by Crippen LogP contribution is -2.19. The van der Waals surface area contributed by atoms with Crippen molar-refractivity contribution in [3.05, 3.63) is 65.2 Å². The number of aliphatic imine (C=N–C) groups is 1. The van der Waals surface area contributed by atoms with E-state index in [4.69, 9.17) is 5.73 Å². The number of nitrogens with zero attached hydrogens (tertiary/aromatic N) is 1. The number of hydrogen-bond donors (Lipinski definition) is 1.